The van der Waals surface area contributed by atoms with Crippen molar-refractivity contribution >= 4 is 21.6 Å². The third-order valence-electron chi connectivity index (χ3n) is 3.16. The van der Waals surface area contributed by atoms with Crippen LogP contribution < -0.4 is 15.8 Å². The van der Waals surface area contributed by atoms with Crippen molar-refractivity contribution in [2.75, 3.05) is 18.9 Å². The summed E-state index contributed by atoms with van der Waals surface area (Å²) < 4.78 is 27.3. The molecule has 1 aromatic rings. The number of hydrogen-bond donors (Lipinski definition) is 3. The van der Waals surface area contributed by atoms with E-state index >= 15 is 0 Å². The number of amides is 1. The summed E-state index contributed by atoms with van der Waals surface area (Å²) in [5.74, 6) is -0.368. The second-order valence-electron chi connectivity index (χ2n) is 5.01. The van der Waals surface area contributed by atoms with Crippen molar-refractivity contribution in [2.45, 2.75) is 38.0 Å². The van der Waals surface area contributed by atoms with E-state index in [1.165, 1.54) is 0 Å². The molecular formula is C14H23N3O3S. The highest BCUT2D eigenvalue weighted by Crippen LogP contribution is 2.24. The number of hydrogen-bond acceptors (Lipinski definition) is 4. The largest absolute Gasteiger partial charge is 0.388 e. The van der Waals surface area contributed by atoms with Crippen molar-refractivity contribution in [1.82, 2.24) is 4.72 Å². The number of unbranched alkanes of at least 4 members (excludes halogenated alkanes) is 1. The van der Waals surface area contributed by atoms with Crippen molar-refractivity contribution in [3.63, 3.8) is 0 Å². The van der Waals surface area contributed by atoms with E-state index in [0.717, 1.165) is 5.69 Å². The predicted molar refractivity (Wildman–Crippen MR) is 83.7 cm³/mol. The first kappa shape index (κ1) is 17.5. The van der Waals surface area contributed by atoms with Gasteiger partial charge in [0.05, 0.1) is 4.90 Å². The maximum Gasteiger partial charge on any atom is 0.241 e. The van der Waals surface area contributed by atoms with Crippen LogP contribution >= 0.6 is 0 Å². The highest BCUT2D eigenvalue weighted by atomic mass is 32.2. The zero-order valence-corrected chi connectivity index (χ0v) is 13.5. The molecule has 0 aliphatic carbocycles. The molecule has 21 heavy (non-hydrogen) atoms. The molecule has 0 spiro atoms. The number of primary amides is 1. The van der Waals surface area contributed by atoms with Gasteiger partial charge >= 0.3 is 0 Å². The van der Waals surface area contributed by atoms with Crippen LogP contribution in [0.15, 0.2) is 17.0 Å². The summed E-state index contributed by atoms with van der Waals surface area (Å²) in [5.41, 5.74) is 7.31. The number of nitrogens with one attached hydrogen (secondary N) is 2. The zero-order chi connectivity index (χ0) is 16.0. The number of benzene rings is 1. The van der Waals surface area contributed by atoms with Crippen LogP contribution in [0.5, 0.6) is 0 Å². The highest BCUT2D eigenvalue weighted by molar-refractivity contribution is 7.89. The van der Waals surface area contributed by atoms with E-state index in [0.29, 0.717) is 35.4 Å². The van der Waals surface area contributed by atoms with E-state index in [2.05, 4.69) is 10.0 Å². The topological polar surface area (TPSA) is 101 Å². The number of carbonyl (C=O) groups is 1. The Kier molecular flexibility index (Phi) is 6.17. The maximum absolute atomic E-state index is 12.3. The molecule has 7 heteroatoms. The van der Waals surface area contributed by atoms with E-state index < -0.39 is 10.0 Å². The Labute approximate surface area is 126 Å². The monoisotopic (exact) mass is 313 g/mol. The van der Waals surface area contributed by atoms with Gasteiger partial charge in [-0.2, -0.15) is 0 Å². The maximum atomic E-state index is 12.3. The average molecular weight is 313 g/mol. The van der Waals surface area contributed by atoms with Crippen molar-refractivity contribution in [1.29, 1.82) is 0 Å². The molecule has 0 unspecified atom stereocenters. The Hall–Kier alpha value is -1.60. The molecule has 118 valence electrons. The minimum Gasteiger partial charge on any atom is -0.388 e. The Balaban J connectivity index is 2.77. The molecule has 0 aromatic heterocycles. The lowest BCUT2D eigenvalue weighted by molar-refractivity contribution is -0.118. The minimum absolute atomic E-state index is 0.274. The summed E-state index contributed by atoms with van der Waals surface area (Å²) >= 11 is 0. The number of rotatable bonds is 8. The van der Waals surface area contributed by atoms with Crippen molar-refractivity contribution in [2.24, 2.45) is 5.73 Å². The molecule has 1 amide bonds. The normalized spacial score (nSPS) is 11.4. The Morgan fingerprint density at radius 3 is 2.24 bits per heavy atom. The van der Waals surface area contributed by atoms with Gasteiger partial charge < -0.3 is 11.1 Å². The van der Waals surface area contributed by atoms with Crippen molar-refractivity contribution in [3.05, 3.63) is 23.3 Å². The fourth-order valence-electron chi connectivity index (χ4n) is 2.22. The average Bonchev–Trinajstić information content (AvgIpc) is 2.36. The first-order valence-corrected chi connectivity index (χ1v) is 8.33. The molecular weight excluding hydrogens is 290 g/mol. The van der Waals surface area contributed by atoms with E-state index in [1.54, 1.807) is 33.0 Å². The Bertz CT molecular complexity index is 589. The zero-order valence-electron chi connectivity index (χ0n) is 12.7. The van der Waals surface area contributed by atoms with Crippen LogP contribution in [0.4, 0.5) is 5.69 Å². The summed E-state index contributed by atoms with van der Waals surface area (Å²) in [6, 6.07) is 3.60. The summed E-state index contributed by atoms with van der Waals surface area (Å²) in [6.45, 7) is 3.84. The molecule has 1 aromatic carbocycles. The van der Waals surface area contributed by atoms with Crippen LogP contribution in [0.1, 0.15) is 30.4 Å². The SMILES string of the molecule is CNc1cc(C)c(S(=O)(=O)NCCCCC(N)=O)c(C)c1. The lowest BCUT2D eigenvalue weighted by Gasteiger charge is -2.14. The third kappa shape index (κ3) is 5.02. The van der Waals surface area contributed by atoms with Gasteiger partial charge in [-0.25, -0.2) is 13.1 Å². The molecule has 0 atom stereocenters. The summed E-state index contributed by atoms with van der Waals surface area (Å²) in [4.78, 5) is 10.9. The molecule has 0 aliphatic rings. The minimum atomic E-state index is -3.54. The van der Waals surface area contributed by atoms with Gasteiger partial charge in [-0.15, -0.1) is 0 Å². The fourth-order valence-corrected chi connectivity index (χ4v) is 3.74. The van der Waals surface area contributed by atoms with Gasteiger partial charge in [0, 0.05) is 25.7 Å². The van der Waals surface area contributed by atoms with Crippen molar-refractivity contribution < 1.29 is 13.2 Å². The molecule has 0 saturated heterocycles. The van der Waals surface area contributed by atoms with Crippen LogP contribution in [0, 0.1) is 13.8 Å². The van der Waals surface area contributed by atoms with Gasteiger partial charge in [-0.05, 0) is 49.9 Å². The Morgan fingerprint density at radius 2 is 1.76 bits per heavy atom. The Morgan fingerprint density at radius 1 is 1.19 bits per heavy atom. The number of aryl methyl sites for hydroxylation is 2. The molecule has 0 fully saturated rings. The van der Waals surface area contributed by atoms with Crippen molar-refractivity contribution in [3.8, 4) is 0 Å². The molecule has 0 aliphatic heterocycles. The summed E-state index contributed by atoms with van der Waals surface area (Å²) in [6.07, 6.45) is 1.43. The number of anilines is 1. The van der Waals surface area contributed by atoms with Gasteiger partial charge in [-0.3, -0.25) is 4.79 Å². The molecule has 0 heterocycles. The van der Waals surface area contributed by atoms with Crippen LogP contribution in [0.2, 0.25) is 0 Å². The lowest BCUT2D eigenvalue weighted by Crippen LogP contribution is -2.26. The number of sulfonamides is 1. The van der Waals surface area contributed by atoms with Gasteiger partial charge in [0.15, 0.2) is 0 Å². The number of carbonyl (C=O) groups excluding carboxylic acids is 1. The first-order chi connectivity index (χ1) is 9.77. The molecule has 4 N–H and O–H groups in total. The summed E-state index contributed by atoms with van der Waals surface area (Å²) in [5, 5.41) is 3.00. The molecule has 1 rings (SSSR count). The number of nitrogens with two attached hydrogens (primary N) is 1. The molecule has 0 saturated carbocycles. The summed E-state index contributed by atoms with van der Waals surface area (Å²) in [7, 11) is -1.75. The van der Waals surface area contributed by atoms with Gasteiger partial charge in [0.25, 0.3) is 0 Å². The van der Waals surface area contributed by atoms with Crippen LogP contribution in [0.3, 0.4) is 0 Å². The van der Waals surface area contributed by atoms with Gasteiger partial charge in [0.1, 0.15) is 0 Å². The van der Waals surface area contributed by atoms with Crippen LogP contribution in [-0.4, -0.2) is 27.9 Å². The quantitative estimate of drug-likeness (QED) is 0.629. The standard InChI is InChI=1S/C14H23N3O3S/c1-10-8-12(16-3)9-11(2)14(10)21(19,20)17-7-5-4-6-13(15)18/h8-9,16-17H,4-7H2,1-3H3,(H2,15,18). The van der Waals surface area contributed by atoms with Crippen LogP contribution in [0.25, 0.3) is 0 Å². The van der Waals surface area contributed by atoms with Gasteiger partial charge in [-0.1, -0.05) is 0 Å². The molecule has 6 nitrogen and oxygen atoms in total. The molecule has 0 radical (unpaired) electrons. The van der Waals surface area contributed by atoms with Gasteiger partial charge in [0.2, 0.25) is 15.9 Å². The lowest BCUT2D eigenvalue weighted by atomic mass is 10.1. The second-order valence-corrected chi connectivity index (χ2v) is 6.71. The van der Waals surface area contributed by atoms with E-state index in [-0.39, 0.29) is 12.3 Å². The fraction of sp³-hybridized carbons (Fsp3) is 0.500. The van der Waals surface area contributed by atoms with E-state index in [9.17, 15) is 13.2 Å². The van der Waals surface area contributed by atoms with E-state index in [4.69, 9.17) is 5.73 Å². The van der Waals surface area contributed by atoms with E-state index in [1.807, 2.05) is 0 Å². The highest BCUT2D eigenvalue weighted by Gasteiger charge is 2.19. The third-order valence-corrected chi connectivity index (χ3v) is 4.93. The second kappa shape index (κ2) is 7.42. The molecule has 0 bridgehead atoms. The predicted octanol–water partition coefficient (Wildman–Crippen LogP) is 1.28. The first-order valence-electron chi connectivity index (χ1n) is 6.85. The smallest absolute Gasteiger partial charge is 0.241 e. The van der Waals surface area contributed by atoms with Crippen LogP contribution in [-0.2, 0) is 14.8 Å².